The topological polar surface area (TPSA) is 70.4 Å². The van der Waals surface area contributed by atoms with Crippen molar-refractivity contribution in [3.8, 4) is 0 Å². The first-order chi connectivity index (χ1) is 18.4. The molecule has 2 saturated heterocycles. The van der Waals surface area contributed by atoms with Crippen molar-refractivity contribution in [1.29, 1.82) is 0 Å². The van der Waals surface area contributed by atoms with Crippen LogP contribution in [0, 0.1) is 5.92 Å². The minimum Gasteiger partial charge on any atom is -0.368 e. The zero-order valence-corrected chi connectivity index (χ0v) is 21.3. The maximum absolute atomic E-state index is 13.5. The summed E-state index contributed by atoms with van der Waals surface area (Å²) in [7, 11) is 0. The van der Waals surface area contributed by atoms with Gasteiger partial charge in [-0.15, -0.1) is 0 Å². The van der Waals surface area contributed by atoms with Crippen molar-refractivity contribution in [1.82, 2.24) is 24.4 Å². The van der Waals surface area contributed by atoms with Crippen molar-refractivity contribution in [2.45, 2.75) is 51.2 Å². The quantitative estimate of drug-likeness (QED) is 0.510. The third-order valence-electron chi connectivity index (χ3n) is 8.07. The number of carbonyl (C=O) groups is 1. The summed E-state index contributed by atoms with van der Waals surface area (Å²) in [6.07, 6.45) is 3.35. The molecule has 2 aromatic heterocycles. The molecule has 0 unspecified atom stereocenters. The summed E-state index contributed by atoms with van der Waals surface area (Å²) in [6.45, 7) is 4.35. The number of imidazole rings is 1. The Kier molecular flexibility index (Phi) is 6.61. The van der Waals surface area contributed by atoms with Gasteiger partial charge < -0.3 is 19.3 Å². The normalized spacial score (nSPS) is 20.9. The van der Waals surface area contributed by atoms with Crippen LogP contribution in [0.4, 0.5) is 24.7 Å². The lowest BCUT2D eigenvalue weighted by molar-refractivity contribution is -0.137. The molecule has 1 atom stereocenters. The lowest BCUT2D eigenvalue weighted by Gasteiger charge is -2.40. The average molecular weight is 528 g/mol. The van der Waals surface area contributed by atoms with Crippen LogP contribution in [-0.4, -0.2) is 69.6 Å². The van der Waals surface area contributed by atoms with Gasteiger partial charge in [-0.05, 0) is 43.9 Å². The van der Waals surface area contributed by atoms with Crippen LogP contribution in [0.15, 0.2) is 30.6 Å². The largest absolute Gasteiger partial charge is 0.416 e. The molecule has 6 rings (SSSR count). The molecule has 202 valence electrons. The lowest BCUT2D eigenvalue weighted by atomic mass is 9.96. The highest BCUT2D eigenvalue weighted by molar-refractivity contribution is 5.85. The Morgan fingerprint density at radius 3 is 2.58 bits per heavy atom. The Morgan fingerprint density at radius 2 is 1.76 bits per heavy atom. The molecule has 1 aromatic carbocycles. The number of hydrogen-bond acceptors (Lipinski definition) is 6. The van der Waals surface area contributed by atoms with Crippen LogP contribution < -0.4 is 9.80 Å². The standard InChI is InChI=1S/C27H32F3N7O/c28-27(29,30)20-7-4-8-21(16-20)34-12-14-35(15-13-34)26(38)19-6-5-10-36(17-19)24-23-25(32-18-31-24)37-11-3-1-2-9-22(37)33-23/h4,7-8,16,18-19H,1-3,5-6,9-15,17H2/t19-/m0/s1. The maximum Gasteiger partial charge on any atom is 0.416 e. The smallest absolute Gasteiger partial charge is 0.368 e. The molecule has 3 aliphatic heterocycles. The van der Waals surface area contributed by atoms with E-state index < -0.39 is 11.7 Å². The van der Waals surface area contributed by atoms with Crippen molar-refractivity contribution in [3.63, 3.8) is 0 Å². The second-order valence-corrected chi connectivity index (χ2v) is 10.5. The van der Waals surface area contributed by atoms with E-state index in [0.717, 1.165) is 74.1 Å². The SMILES string of the molecule is O=C([C@H]1CCCN(c2ncnc3c2nc2n3CCCCC2)C1)N1CCN(c2cccc(C(F)(F)F)c2)CC1. The molecule has 0 bridgehead atoms. The van der Waals surface area contributed by atoms with Gasteiger partial charge in [0.1, 0.15) is 12.2 Å². The van der Waals surface area contributed by atoms with E-state index in [1.807, 2.05) is 9.80 Å². The molecule has 1 amide bonds. The summed E-state index contributed by atoms with van der Waals surface area (Å²) in [5.41, 5.74) is 1.60. The molecule has 5 heterocycles. The number of carbonyl (C=O) groups excluding carboxylic acids is 1. The van der Waals surface area contributed by atoms with Crippen molar-refractivity contribution < 1.29 is 18.0 Å². The summed E-state index contributed by atoms with van der Waals surface area (Å²) < 4.78 is 41.6. The predicted molar refractivity (Wildman–Crippen MR) is 138 cm³/mol. The molecular weight excluding hydrogens is 495 g/mol. The Morgan fingerprint density at radius 1 is 0.921 bits per heavy atom. The van der Waals surface area contributed by atoms with Crippen molar-refractivity contribution in [3.05, 3.63) is 42.0 Å². The van der Waals surface area contributed by atoms with Crippen LogP contribution in [0.25, 0.3) is 11.2 Å². The van der Waals surface area contributed by atoms with E-state index in [1.54, 1.807) is 12.4 Å². The van der Waals surface area contributed by atoms with Crippen molar-refractivity contribution in [2.24, 2.45) is 5.92 Å². The first-order valence-electron chi connectivity index (χ1n) is 13.5. The van der Waals surface area contributed by atoms with Gasteiger partial charge in [-0.25, -0.2) is 15.0 Å². The van der Waals surface area contributed by atoms with E-state index in [-0.39, 0.29) is 11.8 Å². The molecular formula is C27H32F3N7O. The zero-order valence-electron chi connectivity index (χ0n) is 21.3. The van der Waals surface area contributed by atoms with Gasteiger partial charge in [-0.2, -0.15) is 13.2 Å². The summed E-state index contributed by atoms with van der Waals surface area (Å²) in [6, 6.07) is 5.41. The van der Waals surface area contributed by atoms with E-state index in [0.29, 0.717) is 38.4 Å². The third kappa shape index (κ3) is 4.78. The van der Waals surface area contributed by atoms with Gasteiger partial charge >= 0.3 is 6.18 Å². The lowest BCUT2D eigenvalue weighted by Crippen LogP contribution is -2.52. The van der Waals surface area contributed by atoms with E-state index in [1.165, 1.54) is 18.6 Å². The second kappa shape index (κ2) is 10.1. The summed E-state index contributed by atoms with van der Waals surface area (Å²) in [4.78, 5) is 33.6. The minimum absolute atomic E-state index is 0.115. The highest BCUT2D eigenvalue weighted by atomic mass is 19.4. The monoisotopic (exact) mass is 527 g/mol. The first-order valence-corrected chi connectivity index (χ1v) is 13.5. The number of benzene rings is 1. The fourth-order valence-electron chi connectivity index (χ4n) is 6.05. The number of rotatable bonds is 3. The number of fused-ring (bicyclic) bond motifs is 3. The Hall–Kier alpha value is -3.37. The molecule has 11 heteroatoms. The van der Waals surface area contributed by atoms with Gasteiger partial charge in [0.05, 0.1) is 11.5 Å². The van der Waals surface area contributed by atoms with Crippen LogP contribution in [0.5, 0.6) is 0 Å². The van der Waals surface area contributed by atoms with Crippen LogP contribution >= 0.6 is 0 Å². The predicted octanol–water partition coefficient (Wildman–Crippen LogP) is 4.14. The van der Waals surface area contributed by atoms with Crippen LogP contribution in [0.1, 0.15) is 43.5 Å². The number of piperazine rings is 1. The molecule has 8 nitrogen and oxygen atoms in total. The van der Waals surface area contributed by atoms with Crippen LogP contribution in [0.3, 0.4) is 0 Å². The van der Waals surface area contributed by atoms with E-state index in [4.69, 9.17) is 4.98 Å². The number of alkyl halides is 3. The Bertz CT molecular complexity index is 1320. The summed E-state index contributed by atoms with van der Waals surface area (Å²) >= 11 is 0. The third-order valence-corrected chi connectivity index (χ3v) is 8.07. The van der Waals surface area contributed by atoms with Gasteiger partial charge in [-0.3, -0.25) is 4.79 Å². The van der Waals surface area contributed by atoms with Crippen LogP contribution in [-0.2, 0) is 23.9 Å². The molecule has 0 aliphatic carbocycles. The van der Waals surface area contributed by atoms with E-state index in [2.05, 4.69) is 19.4 Å². The summed E-state index contributed by atoms with van der Waals surface area (Å²) in [5, 5.41) is 0. The minimum atomic E-state index is -4.37. The molecule has 0 radical (unpaired) electrons. The zero-order chi connectivity index (χ0) is 26.3. The fraction of sp³-hybridized carbons (Fsp3) is 0.556. The van der Waals surface area contributed by atoms with Gasteiger partial charge in [0, 0.05) is 57.9 Å². The molecule has 3 aromatic rings. The Balaban J connectivity index is 1.13. The summed E-state index contributed by atoms with van der Waals surface area (Å²) in [5.74, 6) is 1.85. The number of aromatic nitrogens is 4. The highest BCUT2D eigenvalue weighted by Gasteiger charge is 2.34. The maximum atomic E-state index is 13.5. The molecule has 0 saturated carbocycles. The van der Waals surface area contributed by atoms with Crippen LogP contribution in [0.2, 0.25) is 0 Å². The van der Waals surface area contributed by atoms with Gasteiger partial charge in [0.2, 0.25) is 5.91 Å². The Labute approximate surface area is 219 Å². The second-order valence-electron chi connectivity index (χ2n) is 10.5. The highest BCUT2D eigenvalue weighted by Crippen LogP contribution is 2.33. The van der Waals surface area contributed by atoms with E-state index >= 15 is 0 Å². The molecule has 0 N–H and O–H groups in total. The number of hydrogen-bond donors (Lipinski definition) is 0. The molecule has 3 aliphatic rings. The van der Waals surface area contributed by atoms with Crippen molar-refractivity contribution in [2.75, 3.05) is 49.1 Å². The molecule has 38 heavy (non-hydrogen) atoms. The van der Waals surface area contributed by atoms with Gasteiger partial charge in [0.25, 0.3) is 0 Å². The number of amides is 1. The van der Waals surface area contributed by atoms with E-state index in [9.17, 15) is 18.0 Å². The number of piperidine rings is 1. The van der Waals surface area contributed by atoms with Gasteiger partial charge in [-0.1, -0.05) is 12.5 Å². The fourth-order valence-corrected chi connectivity index (χ4v) is 6.05. The van der Waals surface area contributed by atoms with Gasteiger partial charge in [0.15, 0.2) is 17.0 Å². The number of halogens is 3. The molecule has 2 fully saturated rings. The van der Waals surface area contributed by atoms with Crippen molar-refractivity contribution >= 4 is 28.6 Å². The first kappa shape index (κ1) is 24.9. The average Bonchev–Trinajstić information content (AvgIpc) is 3.13. The number of aryl methyl sites for hydroxylation is 2. The number of nitrogens with zero attached hydrogens (tertiary/aromatic N) is 7. The number of anilines is 2. The molecule has 0 spiro atoms.